The number of nitrogens with one attached hydrogen (secondary N) is 2. The lowest BCUT2D eigenvalue weighted by Gasteiger charge is -2.26. The highest BCUT2D eigenvalue weighted by Crippen LogP contribution is 2.21. The summed E-state index contributed by atoms with van der Waals surface area (Å²) in [6.07, 6.45) is 4.51. The summed E-state index contributed by atoms with van der Waals surface area (Å²) < 4.78 is 11.1. The minimum atomic E-state index is -0.556. The first kappa shape index (κ1) is 35.8. The first-order valence-electron chi connectivity index (χ1n) is 16.5. The Morgan fingerprint density at radius 3 is 1.31 bits per heavy atom. The van der Waals surface area contributed by atoms with Crippen LogP contribution in [-0.4, -0.2) is 66.2 Å². The molecule has 4 aromatic rings. The average molecular weight is 653 g/mol. The van der Waals surface area contributed by atoms with E-state index in [-0.39, 0.29) is 12.2 Å². The molecule has 2 amide bonds. The van der Waals surface area contributed by atoms with E-state index in [4.69, 9.17) is 9.47 Å². The highest BCUT2D eigenvalue weighted by atomic mass is 16.6. The summed E-state index contributed by atoms with van der Waals surface area (Å²) in [5.74, 6) is 7.87. The van der Waals surface area contributed by atoms with Gasteiger partial charge in [-0.2, -0.15) is 0 Å². The summed E-state index contributed by atoms with van der Waals surface area (Å²) in [6.45, 7) is 17.1. The molecule has 10 nitrogen and oxygen atoms in total. The molecular weight excluding hydrogens is 604 g/mol. The van der Waals surface area contributed by atoms with E-state index in [1.807, 2.05) is 104 Å². The maximum atomic E-state index is 12.6. The zero-order valence-corrected chi connectivity index (χ0v) is 29.4. The molecule has 0 bridgehead atoms. The van der Waals surface area contributed by atoms with Gasteiger partial charge in [-0.1, -0.05) is 50.0 Å². The Bertz CT molecular complexity index is 1590. The van der Waals surface area contributed by atoms with Crippen molar-refractivity contribution in [2.75, 3.05) is 13.1 Å². The predicted molar refractivity (Wildman–Crippen MR) is 188 cm³/mol. The van der Waals surface area contributed by atoms with Crippen LogP contribution >= 0.6 is 0 Å². The molecule has 0 unspecified atom stereocenters. The maximum absolute atomic E-state index is 12.6. The standard InChI is InChI=1S/C38H48N6O4/c1-9-21-43(35(45)47-37(3,4)5)25-33-39-23-31(41-33)29-17-13-27(14-18-29)11-12-28-15-19-30(20-16-28)32-24-40-34(42-32)26-44(22-10-2)36(46)48-38(6,7)8/h13-20,23-24H,9-10,21-22,25-26H2,1-8H3,(H,39,41)(H,40,42). The second kappa shape index (κ2) is 15.7. The van der Waals surface area contributed by atoms with Crippen LogP contribution in [0.2, 0.25) is 0 Å². The number of hydrogen-bond acceptors (Lipinski definition) is 6. The first-order chi connectivity index (χ1) is 22.7. The molecule has 2 heterocycles. The van der Waals surface area contributed by atoms with Crippen molar-refractivity contribution in [2.45, 2.75) is 92.5 Å². The second-order valence-corrected chi connectivity index (χ2v) is 13.7. The quantitative estimate of drug-likeness (QED) is 0.167. The highest BCUT2D eigenvalue weighted by molar-refractivity contribution is 5.69. The number of ether oxygens (including phenoxy) is 2. The monoisotopic (exact) mass is 652 g/mol. The Kier molecular flexibility index (Phi) is 11.7. The molecule has 2 aromatic heterocycles. The second-order valence-electron chi connectivity index (χ2n) is 13.7. The number of rotatable bonds is 10. The molecule has 0 fully saturated rings. The molecule has 0 saturated heterocycles. The number of carbonyl (C=O) groups is 2. The Hall–Kier alpha value is -5.04. The van der Waals surface area contributed by atoms with Crippen molar-refractivity contribution in [3.05, 3.63) is 83.7 Å². The molecule has 0 aliphatic carbocycles. The molecule has 2 aromatic carbocycles. The molecule has 0 atom stereocenters. The Labute approximate surface area is 284 Å². The van der Waals surface area contributed by atoms with Crippen molar-refractivity contribution in [2.24, 2.45) is 0 Å². The van der Waals surface area contributed by atoms with Gasteiger partial charge in [-0.15, -0.1) is 0 Å². The van der Waals surface area contributed by atoms with Crippen molar-refractivity contribution >= 4 is 12.2 Å². The molecule has 254 valence electrons. The van der Waals surface area contributed by atoms with Crippen molar-refractivity contribution in [1.29, 1.82) is 0 Å². The summed E-state index contributed by atoms with van der Waals surface area (Å²) in [5.41, 5.74) is 4.36. The van der Waals surface area contributed by atoms with Crippen LogP contribution in [0.4, 0.5) is 9.59 Å². The van der Waals surface area contributed by atoms with Crippen LogP contribution in [0.3, 0.4) is 0 Å². The predicted octanol–water partition coefficient (Wildman–Crippen LogP) is 8.16. The molecule has 10 heteroatoms. The van der Waals surface area contributed by atoms with E-state index in [9.17, 15) is 9.59 Å². The fourth-order valence-corrected chi connectivity index (χ4v) is 4.81. The Morgan fingerprint density at radius 1 is 0.646 bits per heavy atom. The van der Waals surface area contributed by atoms with Crippen LogP contribution in [0.25, 0.3) is 22.5 Å². The molecule has 0 saturated carbocycles. The number of nitrogens with zero attached hydrogens (tertiary/aromatic N) is 4. The fourth-order valence-electron chi connectivity index (χ4n) is 4.81. The van der Waals surface area contributed by atoms with E-state index in [1.54, 1.807) is 22.2 Å². The summed E-state index contributed by atoms with van der Waals surface area (Å²) in [7, 11) is 0. The minimum absolute atomic E-state index is 0.346. The SMILES string of the molecule is CCCN(Cc1ncc(-c2ccc(C#Cc3ccc(-c4cnc(CN(CCC)C(=O)OC(C)(C)C)[nH]4)cc3)cc2)[nH]1)C(=O)OC(C)(C)C. The first-order valence-corrected chi connectivity index (χ1v) is 16.5. The van der Waals surface area contributed by atoms with Gasteiger partial charge in [-0.25, -0.2) is 19.6 Å². The molecule has 0 aliphatic rings. The highest BCUT2D eigenvalue weighted by Gasteiger charge is 2.24. The average Bonchev–Trinajstić information content (AvgIpc) is 3.68. The van der Waals surface area contributed by atoms with E-state index >= 15 is 0 Å². The summed E-state index contributed by atoms with van der Waals surface area (Å²) >= 11 is 0. The van der Waals surface area contributed by atoms with Gasteiger partial charge in [0.25, 0.3) is 0 Å². The van der Waals surface area contributed by atoms with Gasteiger partial charge in [0, 0.05) is 24.2 Å². The lowest BCUT2D eigenvalue weighted by molar-refractivity contribution is 0.0219. The van der Waals surface area contributed by atoms with Crippen molar-refractivity contribution in [3.63, 3.8) is 0 Å². The molecule has 4 rings (SSSR count). The zero-order chi connectivity index (χ0) is 34.9. The van der Waals surface area contributed by atoms with Crippen LogP contribution in [0, 0.1) is 11.8 Å². The van der Waals surface area contributed by atoms with Crippen LogP contribution in [0.15, 0.2) is 60.9 Å². The van der Waals surface area contributed by atoms with Gasteiger partial charge in [-0.05, 0) is 89.8 Å². The van der Waals surface area contributed by atoms with E-state index in [0.717, 1.165) is 46.5 Å². The normalized spacial score (nSPS) is 11.4. The number of H-pyrrole nitrogens is 2. The van der Waals surface area contributed by atoms with Gasteiger partial charge in [0.15, 0.2) is 0 Å². The topological polar surface area (TPSA) is 116 Å². The van der Waals surface area contributed by atoms with Gasteiger partial charge in [0.05, 0.1) is 36.9 Å². The van der Waals surface area contributed by atoms with Crippen LogP contribution in [-0.2, 0) is 22.6 Å². The third-order valence-electron chi connectivity index (χ3n) is 6.97. The van der Waals surface area contributed by atoms with Crippen molar-refractivity contribution < 1.29 is 19.1 Å². The molecule has 0 spiro atoms. The number of carbonyl (C=O) groups excluding carboxylic acids is 2. The van der Waals surface area contributed by atoms with Crippen LogP contribution < -0.4 is 0 Å². The Morgan fingerprint density at radius 2 is 1.00 bits per heavy atom. The maximum Gasteiger partial charge on any atom is 0.410 e. The van der Waals surface area contributed by atoms with Crippen LogP contribution in [0.1, 0.15) is 91.0 Å². The van der Waals surface area contributed by atoms with Gasteiger partial charge < -0.3 is 29.2 Å². The van der Waals surface area contributed by atoms with E-state index in [2.05, 4.69) is 31.8 Å². The third-order valence-corrected chi connectivity index (χ3v) is 6.97. The van der Waals surface area contributed by atoms with E-state index in [0.29, 0.717) is 37.8 Å². The minimum Gasteiger partial charge on any atom is -0.444 e. The third kappa shape index (κ3) is 10.8. The van der Waals surface area contributed by atoms with Gasteiger partial charge >= 0.3 is 12.2 Å². The molecule has 2 N–H and O–H groups in total. The number of imidazole rings is 2. The Balaban J connectivity index is 1.36. The number of amides is 2. The van der Waals surface area contributed by atoms with Gasteiger partial charge in [0.1, 0.15) is 22.9 Å². The summed E-state index contributed by atoms with van der Waals surface area (Å²) in [6, 6.07) is 15.9. The smallest absolute Gasteiger partial charge is 0.410 e. The van der Waals surface area contributed by atoms with Gasteiger partial charge in [0.2, 0.25) is 0 Å². The lowest BCUT2D eigenvalue weighted by Crippen LogP contribution is -2.37. The number of aromatic amines is 2. The van der Waals surface area contributed by atoms with Crippen LogP contribution in [0.5, 0.6) is 0 Å². The van der Waals surface area contributed by atoms with E-state index in [1.165, 1.54) is 0 Å². The number of benzene rings is 2. The van der Waals surface area contributed by atoms with Crippen molar-refractivity contribution in [3.8, 4) is 34.4 Å². The lowest BCUT2D eigenvalue weighted by atomic mass is 10.1. The molecule has 0 radical (unpaired) electrons. The van der Waals surface area contributed by atoms with Gasteiger partial charge in [-0.3, -0.25) is 0 Å². The summed E-state index contributed by atoms with van der Waals surface area (Å²) in [4.78, 5) is 44.3. The molecular formula is C38H48N6O4. The fraction of sp³-hybridized carbons (Fsp3) is 0.421. The molecule has 48 heavy (non-hydrogen) atoms. The number of hydrogen-bond donors (Lipinski definition) is 2. The van der Waals surface area contributed by atoms with E-state index < -0.39 is 11.2 Å². The largest absolute Gasteiger partial charge is 0.444 e. The zero-order valence-electron chi connectivity index (χ0n) is 29.4. The number of aromatic nitrogens is 4. The summed E-state index contributed by atoms with van der Waals surface area (Å²) in [5, 5.41) is 0. The molecule has 0 aliphatic heterocycles. The van der Waals surface area contributed by atoms with Crippen molar-refractivity contribution in [1.82, 2.24) is 29.7 Å².